The Morgan fingerprint density at radius 3 is 2.44 bits per heavy atom. The number of halogens is 1. The van der Waals surface area contributed by atoms with Crippen molar-refractivity contribution < 1.29 is 0 Å². The maximum Gasteiger partial charge on any atom is 0.0461 e. The summed E-state index contributed by atoms with van der Waals surface area (Å²) in [6.45, 7) is 7.69. The van der Waals surface area contributed by atoms with Crippen LogP contribution < -0.4 is 5.73 Å². The third-order valence-electron chi connectivity index (χ3n) is 3.15. The van der Waals surface area contributed by atoms with Gasteiger partial charge in [-0.15, -0.1) is 0 Å². The Kier molecular flexibility index (Phi) is 4.81. The van der Waals surface area contributed by atoms with E-state index in [9.17, 15) is 0 Å². The lowest BCUT2D eigenvalue weighted by atomic mass is 10.0. The molecule has 0 aliphatic rings. The highest BCUT2D eigenvalue weighted by Gasteiger charge is 2.13. The van der Waals surface area contributed by atoms with Crippen LogP contribution in [0.1, 0.15) is 26.3 Å². The summed E-state index contributed by atoms with van der Waals surface area (Å²) in [6.07, 6.45) is 0. The van der Waals surface area contributed by atoms with Gasteiger partial charge in [-0.25, -0.2) is 0 Å². The van der Waals surface area contributed by atoms with Gasteiger partial charge in [-0.05, 0) is 53.5 Å². The summed E-state index contributed by atoms with van der Waals surface area (Å²) >= 11 is 3.41. The van der Waals surface area contributed by atoms with Gasteiger partial charge in [0, 0.05) is 22.7 Å². The molecular weight excluding hydrogens is 264 g/mol. The van der Waals surface area contributed by atoms with Crippen LogP contribution in [0, 0.1) is 5.92 Å². The van der Waals surface area contributed by atoms with Crippen molar-refractivity contribution in [3.63, 3.8) is 0 Å². The Hall–Kier alpha value is -0.540. The van der Waals surface area contributed by atoms with Crippen LogP contribution in [-0.4, -0.2) is 18.0 Å². The maximum atomic E-state index is 5.87. The molecule has 16 heavy (non-hydrogen) atoms. The molecule has 2 nitrogen and oxygen atoms in total. The molecule has 0 aromatic heterocycles. The van der Waals surface area contributed by atoms with E-state index in [1.807, 2.05) is 12.1 Å². The summed E-state index contributed by atoms with van der Waals surface area (Å²) in [6, 6.07) is 6.74. The van der Waals surface area contributed by atoms with Crippen LogP contribution in [0.15, 0.2) is 22.7 Å². The summed E-state index contributed by atoms with van der Waals surface area (Å²) in [4.78, 5) is 2.35. The zero-order valence-corrected chi connectivity index (χ0v) is 12.1. The third-order valence-corrected chi connectivity index (χ3v) is 3.87. The van der Waals surface area contributed by atoms with Crippen LogP contribution in [0.25, 0.3) is 0 Å². The molecule has 1 rings (SSSR count). The minimum absolute atomic E-state index is 0.574. The zero-order chi connectivity index (χ0) is 12.3. The first-order chi connectivity index (χ1) is 7.41. The van der Waals surface area contributed by atoms with E-state index < -0.39 is 0 Å². The fraction of sp³-hybridized carbons (Fsp3) is 0.538. The van der Waals surface area contributed by atoms with E-state index in [0.717, 1.165) is 16.7 Å². The van der Waals surface area contributed by atoms with Crippen molar-refractivity contribution in [2.75, 3.05) is 12.8 Å². The Balaban J connectivity index is 2.69. The van der Waals surface area contributed by atoms with E-state index in [4.69, 9.17) is 5.73 Å². The lowest BCUT2D eigenvalue weighted by Gasteiger charge is -2.28. The molecule has 0 radical (unpaired) electrons. The number of nitrogens with two attached hydrogens (primary N) is 1. The minimum atomic E-state index is 0.574. The van der Waals surface area contributed by atoms with Gasteiger partial charge in [-0.3, -0.25) is 4.90 Å². The number of nitrogen functional groups attached to an aromatic ring is 1. The van der Waals surface area contributed by atoms with Crippen molar-refractivity contribution in [2.24, 2.45) is 5.92 Å². The monoisotopic (exact) mass is 284 g/mol. The Labute approximate surface area is 107 Å². The van der Waals surface area contributed by atoms with Gasteiger partial charge in [-0.1, -0.05) is 19.9 Å². The molecule has 0 saturated carbocycles. The molecular formula is C13H21BrN2. The van der Waals surface area contributed by atoms with E-state index in [-0.39, 0.29) is 0 Å². The lowest BCUT2D eigenvalue weighted by Crippen LogP contribution is -2.32. The summed E-state index contributed by atoms with van der Waals surface area (Å²) < 4.78 is 0.968. The molecule has 0 spiro atoms. The van der Waals surface area contributed by atoms with Crippen molar-refractivity contribution in [3.8, 4) is 0 Å². The van der Waals surface area contributed by atoms with Gasteiger partial charge >= 0.3 is 0 Å². The maximum absolute atomic E-state index is 5.87. The molecule has 1 atom stereocenters. The predicted molar refractivity (Wildman–Crippen MR) is 74.3 cm³/mol. The molecule has 0 bridgehead atoms. The van der Waals surface area contributed by atoms with Gasteiger partial charge < -0.3 is 5.73 Å². The van der Waals surface area contributed by atoms with Crippen molar-refractivity contribution in [1.82, 2.24) is 4.90 Å². The number of anilines is 1. The molecule has 0 aliphatic heterocycles. The van der Waals surface area contributed by atoms with Gasteiger partial charge in [0.25, 0.3) is 0 Å². The summed E-state index contributed by atoms with van der Waals surface area (Å²) in [5.74, 6) is 0.665. The lowest BCUT2D eigenvalue weighted by molar-refractivity contribution is 0.200. The van der Waals surface area contributed by atoms with Gasteiger partial charge in [-0.2, -0.15) is 0 Å². The predicted octanol–water partition coefficient (Wildman–Crippen LogP) is 3.51. The van der Waals surface area contributed by atoms with Gasteiger partial charge in [0.1, 0.15) is 0 Å². The Morgan fingerprint density at radius 1 is 1.31 bits per heavy atom. The van der Waals surface area contributed by atoms with Crippen LogP contribution in [0.5, 0.6) is 0 Å². The molecule has 90 valence electrons. The molecule has 1 aromatic rings. The molecule has 2 N–H and O–H groups in total. The topological polar surface area (TPSA) is 29.3 Å². The van der Waals surface area contributed by atoms with Crippen LogP contribution >= 0.6 is 15.9 Å². The van der Waals surface area contributed by atoms with Crippen LogP contribution in [0.3, 0.4) is 0 Å². The van der Waals surface area contributed by atoms with Gasteiger partial charge in [0.05, 0.1) is 0 Å². The number of rotatable bonds is 4. The van der Waals surface area contributed by atoms with Crippen LogP contribution in [0.4, 0.5) is 5.69 Å². The standard InChI is InChI=1S/C13H21BrN2/c1-9(2)10(3)16(4)8-11-5-6-12(14)13(15)7-11/h5-7,9-10H,8,15H2,1-4H3. The van der Waals surface area contributed by atoms with Crippen molar-refractivity contribution in [1.29, 1.82) is 0 Å². The van der Waals surface area contributed by atoms with E-state index in [0.29, 0.717) is 12.0 Å². The number of hydrogen-bond acceptors (Lipinski definition) is 2. The van der Waals surface area contributed by atoms with Crippen molar-refractivity contribution in [3.05, 3.63) is 28.2 Å². The minimum Gasteiger partial charge on any atom is -0.398 e. The number of nitrogens with zero attached hydrogens (tertiary/aromatic N) is 1. The summed E-state index contributed by atoms with van der Waals surface area (Å²) in [5, 5.41) is 0. The summed E-state index contributed by atoms with van der Waals surface area (Å²) in [7, 11) is 2.16. The van der Waals surface area contributed by atoms with Crippen LogP contribution in [-0.2, 0) is 6.54 Å². The summed E-state index contributed by atoms with van der Waals surface area (Å²) in [5.41, 5.74) is 7.94. The highest BCUT2D eigenvalue weighted by atomic mass is 79.9. The highest BCUT2D eigenvalue weighted by Crippen LogP contribution is 2.21. The average Bonchev–Trinajstić information content (AvgIpc) is 2.22. The molecule has 1 unspecified atom stereocenters. The third kappa shape index (κ3) is 3.49. The molecule has 0 heterocycles. The zero-order valence-electron chi connectivity index (χ0n) is 10.5. The molecule has 0 saturated heterocycles. The fourth-order valence-electron chi connectivity index (χ4n) is 1.63. The molecule has 3 heteroatoms. The van der Waals surface area contributed by atoms with Crippen molar-refractivity contribution in [2.45, 2.75) is 33.4 Å². The smallest absolute Gasteiger partial charge is 0.0461 e. The fourth-order valence-corrected chi connectivity index (χ4v) is 1.88. The molecule has 0 amide bonds. The first kappa shape index (κ1) is 13.5. The van der Waals surface area contributed by atoms with Gasteiger partial charge in [0.2, 0.25) is 0 Å². The second-order valence-electron chi connectivity index (χ2n) is 4.76. The number of benzene rings is 1. The second-order valence-corrected chi connectivity index (χ2v) is 5.61. The second kappa shape index (κ2) is 5.69. The molecule has 0 fully saturated rings. The van der Waals surface area contributed by atoms with Crippen LogP contribution in [0.2, 0.25) is 0 Å². The molecule has 0 aliphatic carbocycles. The van der Waals surface area contributed by atoms with E-state index >= 15 is 0 Å². The van der Waals surface area contributed by atoms with Crippen molar-refractivity contribution >= 4 is 21.6 Å². The normalized spacial score (nSPS) is 13.4. The Morgan fingerprint density at radius 2 is 1.94 bits per heavy atom. The Bertz CT molecular complexity index is 350. The van der Waals surface area contributed by atoms with E-state index in [2.05, 4.69) is 54.7 Å². The molecule has 1 aromatic carbocycles. The van der Waals surface area contributed by atoms with E-state index in [1.165, 1.54) is 5.56 Å². The first-order valence-corrected chi connectivity index (χ1v) is 6.45. The SMILES string of the molecule is CC(C)C(C)N(C)Cc1ccc(Br)c(N)c1. The van der Waals surface area contributed by atoms with Gasteiger partial charge in [0.15, 0.2) is 0 Å². The first-order valence-electron chi connectivity index (χ1n) is 5.66. The average molecular weight is 285 g/mol. The van der Waals surface area contributed by atoms with E-state index in [1.54, 1.807) is 0 Å². The number of hydrogen-bond donors (Lipinski definition) is 1. The highest BCUT2D eigenvalue weighted by molar-refractivity contribution is 9.10. The quantitative estimate of drug-likeness (QED) is 0.858. The largest absolute Gasteiger partial charge is 0.398 e.